The van der Waals surface area contributed by atoms with E-state index in [-0.39, 0.29) is 5.41 Å². The maximum atomic E-state index is 12.1. The first-order chi connectivity index (χ1) is 13.1. The van der Waals surface area contributed by atoms with Gasteiger partial charge in [0.15, 0.2) is 6.61 Å². The predicted molar refractivity (Wildman–Crippen MR) is 109 cm³/mol. The van der Waals surface area contributed by atoms with Crippen LogP contribution in [0, 0.1) is 6.92 Å². The third kappa shape index (κ3) is 6.50. The zero-order chi connectivity index (χ0) is 20.7. The molecule has 0 heterocycles. The third-order valence-corrected chi connectivity index (χ3v) is 4.10. The number of benzene rings is 2. The maximum absolute atomic E-state index is 12.1. The van der Waals surface area contributed by atoms with E-state index in [1.165, 1.54) is 6.08 Å². The lowest BCUT2D eigenvalue weighted by molar-refractivity contribution is -0.143. The zero-order valence-corrected chi connectivity index (χ0v) is 16.6. The summed E-state index contributed by atoms with van der Waals surface area (Å²) in [6, 6.07) is 14.6. The molecule has 0 unspecified atom stereocenters. The van der Waals surface area contributed by atoms with Crippen LogP contribution >= 0.6 is 0 Å². The second-order valence-electron chi connectivity index (χ2n) is 7.56. The Kier molecular flexibility index (Phi) is 6.88. The standard InChI is InChI=1S/C23H25NO4/c1-16-5-7-17(8-6-16)9-14-21(26)28-15-20(25)24-22(27)18-10-12-19(13-11-18)23(2,3)4/h5-14H,15H2,1-4H3,(H,24,25,27)/b14-9+. The molecule has 0 aliphatic carbocycles. The molecule has 5 nitrogen and oxygen atoms in total. The first-order valence-electron chi connectivity index (χ1n) is 9.01. The Hall–Kier alpha value is -3.21. The summed E-state index contributed by atoms with van der Waals surface area (Å²) >= 11 is 0. The number of imide groups is 1. The highest BCUT2D eigenvalue weighted by Gasteiger charge is 2.15. The van der Waals surface area contributed by atoms with Gasteiger partial charge in [-0.2, -0.15) is 0 Å². The highest BCUT2D eigenvalue weighted by Crippen LogP contribution is 2.22. The van der Waals surface area contributed by atoms with Crippen molar-refractivity contribution in [2.75, 3.05) is 6.61 Å². The number of nitrogens with one attached hydrogen (secondary N) is 1. The minimum Gasteiger partial charge on any atom is -0.452 e. The first-order valence-corrected chi connectivity index (χ1v) is 9.01. The van der Waals surface area contributed by atoms with E-state index in [2.05, 4.69) is 26.1 Å². The van der Waals surface area contributed by atoms with Crippen LogP contribution in [0.4, 0.5) is 0 Å². The van der Waals surface area contributed by atoms with Crippen molar-refractivity contribution in [3.63, 3.8) is 0 Å². The van der Waals surface area contributed by atoms with Gasteiger partial charge in [0.2, 0.25) is 0 Å². The fourth-order valence-electron chi connectivity index (χ4n) is 2.38. The van der Waals surface area contributed by atoms with Crippen molar-refractivity contribution in [1.29, 1.82) is 0 Å². The van der Waals surface area contributed by atoms with Crippen LogP contribution in [0.5, 0.6) is 0 Å². The van der Waals surface area contributed by atoms with E-state index in [9.17, 15) is 14.4 Å². The van der Waals surface area contributed by atoms with Crippen molar-refractivity contribution in [3.05, 3.63) is 76.9 Å². The summed E-state index contributed by atoms with van der Waals surface area (Å²) < 4.78 is 4.86. The molecular formula is C23H25NO4. The minimum atomic E-state index is -0.679. The van der Waals surface area contributed by atoms with E-state index in [4.69, 9.17) is 4.74 Å². The van der Waals surface area contributed by atoms with Crippen molar-refractivity contribution >= 4 is 23.9 Å². The molecule has 2 rings (SSSR count). The van der Waals surface area contributed by atoms with Crippen LogP contribution in [0.25, 0.3) is 6.08 Å². The number of amides is 2. The largest absolute Gasteiger partial charge is 0.452 e. The van der Waals surface area contributed by atoms with Gasteiger partial charge in [0.25, 0.3) is 11.8 Å². The summed E-state index contributed by atoms with van der Waals surface area (Å²) in [6.07, 6.45) is 2.84. The fourth-order valence-corrected chi connectivity index (χ4v) is 2.38. The molecular weight excluding hydrogens is 354 g/mol. The lowest BCUT2D eigenvalue weighted by Crippen LogP contribution is -2.34. The number of carbonyl (C=O) groups is 3. The van der Waals surface area contributed by atoms with Crippen molar-refractivity contribution in [1.82, 2.24) is 5.32 Å². The molecule has 2 aromatic carbocycles. The van der Waals surface area contributed by atoms with Crippen LogP contribution in [0.2, 0.25) is 0 Å². The van der Waals surface area contributed by atoms with Crippen molar-refractivity contribution in [3.8, 4) is 0 Å². The summed E-state index contributed by atoms with van der Waals surface area (Å²) in [7, 11) is 0. The van der Waals surface area contributed by atoms with Gasteiger partial charge < -0.3 is 4.74 Å². The number of esters is 1. The molecule has 0 bridgehead atoms. The molecule has 0 spiro atoms. The van der Waals surface area contributed by atoms with E-state index in [0.29, 0.717) is 5.56 Å². The molecule has 1 N–H and O–H groups in total. The predicted octanol–water partition coefficient (Wildman–Crippen LogP) is 3.81. The number of rotatable bonds is 5. The van der Waals surface area contributed by atoms with Crippen molar-refractivity contribution in [2.24, 2.45) is 0 Å². The molecule has 0 atom stereocenters. The normalized spacial score (nSPS) is 11.3. The molecule has 0 aromatic heterocycles. The van der Waals surface area contributed by atoms with Crippen LogP contribution < -0.4 is 5.32 Å². The number of aryl methyl sites for hydroxylation is 1. The van der Waals surface area contributed by atoms with Gasteiger partial charge in [0.05, 0.1) is 0 Å². The third-order valence-electron chi connectivity index (χ3n) is 4.10. The Bertz CT molecular complexity index is 872. The lowest BCUT2D eigenvalue weighted by Gasteiger charge is -2.18. The SMILES string of the molecule is Cc1ccc(/C=C/C(=O)OCC(=O)NC(=O)c2ccc(C(C)(C)C)cc2)cc1. The number of hydrogen-bond acceptors (Lipinski definition) is 4. The quantitative estimate of drug-likeness (QED) is 0.633. The number of carbonyl (C=O) groups excluding carboxylic acids is 3. The first kappa shape index (κ1) is 21.1. The highest BCUT2D eigenvalue weighted by molar-refractivity contribution is 6.05. The summed E-state index contributed by atoms with van der Waals surface area (Å²) in [6.45, 7) is 7.68. The van der Waals surface area contributed by atoms with Crippen molar-refractivity contribution in [2.45, 2.75) is 33.1 Å². The molecule has 0 radical (unpaired) electrons. The van der Waals surface area contributed by atoms with Gasteiger partial charge in [-0.1, -0.05) is 62.7 Å². The molecule has 28 heavy (non-hydrogen) atoms. The van der Waals surface area contributed by atoms with Crippen LogP contribution in [0.1, 0.15) is 47.8 Å². The second kappa shape index (κ2) is 9.13. The minimum absolute atomic E-state index is 0.0227. The number of ether oxygens (including phenoxy) is 1. The smallest absolute Gasteiger partial charge is 0.331 e. The molecule has 0 aliphatic rings. The molecule has 0 saturated carbocycles. The second-order valence-corrected chi connectivity index (χ2v) is 7.56. The van der Waals surface area contributed by atoms with E-state index < -0.39 is 24.4 Å². The van der Waals surface area contributed by atoms with Gasteiger partial charge in [-0.25, -0.2) is 4.79 Å². The van der Waals surface area contributed by atoms with Gasteiger partial charge in [-0.15, -0.1) is 0 Å². The van der Waals surface area contributed by atoms with Crippen molar-refractivity contribution < 1.29 is 19.1 Å². The van der Waals surface area contributed by atoms with Crippen LogP contribution in [-0.4, -0.2) is 24.4 Å². The van der Waals surface area contributed by atoms with Gasteiger partial charge in [0.1, 0.15) is 0 Å². The Morgan fingerprint density at radius 1 is 0.964 bits per heavy atom. The van der Waals surface area contributed by atoms with Gasteiger partial charge >= 0.3 is 5.97 Å². The lowest BCUT2D eigenvalue weighted by atomic mass is 9.87. The maximum Gasteiger partial charge on any atom is 0.331 e. The monoisotopic (exact) mass is 379 g/mol. The topological polar surface area (TPSA) is 72.5 Å². The Labute approximate surface area is 165 Å². The Morgan fingerprint density at radius 2 is 1.57 bits per heavy atom. The average molecular weight is 379 g/mol. The molecule has 2 aromatic rings. The molecule has 2 amide bonds. The molecule has 5 heteroatoms. The van der Waals surface area contributed by atoms with E-state index >= 15 is 0 Å². The van der Waals surface area contributed by atoms with E-state index in [0.717, 1.165) is 16.7 Å². The van der Waals surface area contributed by atoms with Gasteiger partial charge in [-0.3, -0.25) is 14.9 Å². The van der Waals surface area contributed by atoms with Crippen LogP contribution in [0.3, 0.4) is 0 Å². The molecule has 0 fully saturated rings. The Balaban J connectivity index is 1.82. The molecule has 0 saturated heterocycles. The molecule has 0 aliphatic heterocycles. The van der Waals surface area contributed by atoms with Crippen LogP contribution in [0.15, 0.2) is 54.6 Å². The Morgan fingerprint density at radius 3 is 2.14 bits per heavy atom. The zero-order valence-electron chi connectivity index (χ0n) is 16.6. The average Bonchev–Trinajstić information content (AvgIpc) is 2.65. The van der Waals surface area contributed by atoms with E-state index in [1.54, 1.807) is 18.2 Å². The fraction of sp³-hybridized carbons (Fsp3) is 0.261. The van der Waals surface area contributed by atoms with Gasteiger partial charge in [0, 0.05) is 11.6 Å². The van der Waals surface area contributed by atoms with E-state index in [1.807, 2.05) is 43.3 Å². The highest BCUT2D eigenvalue weighted by atomic mass is 16.5. The molecule has 146 valence electrons. The van der Waals surface area contributed by atoms with Crippen LogP contribution in [-0.2, 0) is 19.7 Å². The summed E-state index contributed by atoms with van der Waals surface area (Å²) in [5, 5.41) is 2.21. The summed E-state index contributed by atoms with van der Waals surface area (Å²) in [4.78, 5) is 35.6. The van der Waals surface area contributed by atoms with Gasteiger partial charge in [-0.05, 0) is 41.7 Å². The number of hydrogen-bond donors (Lipinski definition) is 1. The summed E-state index contributed by atoms with van der Waals surface area (Å²) in [5.41, 5.74) is 3.40. The summed E-state index contributed by atoms with van der Waals surface area (Å²) in [5.74, 6) is -1.86.